The molecule has 1 atom stereocenters. The van der Waals surface area contributed by atoms with Crippen molar-refractivity contribution in [2.75, 3.05) is 6.61 Å². The van der Waals surface area contributed by atoms with Crippen molar-refractivity contribution in [1.29, 1.82) is 0 Å². The third kappa shape index (κ3) is 8.08. The molecular weight excluding hydrogens is 315 g/mol. The van der Waals surface area contributed by atoms with Crippen molar-refractivity contribution >= 4 is 12.1 Å². The van der Waals surface area contributed by atoms with Crippen LogP contribution in [0.2, 0.25) is 0 Å². The van der Waals surface area contributed by atoms with Crippen LogP contribution in [0, 0.1) is 0 Å². The van der Waals surface area contributed by atoms with E-state index in [4.69, 9.17) is 4.74 Å². The molecule has 0 radical (unpaired) electrons. The van der Waals surface area contributed by atoms with Gasteiger partial charge in [-0.3, -0.25) is 0 Å². The van der Waals surface area contributed by atoms with E-state index in [1.165, 1.54) is 0 Å². The monoisotopic (exact) mass is 333 g/mol. The van der Waals surface area contributed by atoms with E-state index in [1.54, 1.807) is 37.3 Å². The molecule has 1 N–H and O–H groups in total. The van der Waals surface area contributed by atoms with E-state index in [0.29, 0.717) is 12.0 Å². The van der Waals surface area contributed by atoms with Crippen molar-refractivity contribution in [2.24, 2.45) is 0 Å². The van der Waals surface area contributed by atoms with Crippen molar-refractivity contribution in [2.45, 2.75) is 38.6 Å². The average molecular weight is 333 g/mol. The summed E-state index contributed by atoms with van der Waals surface area (Å²) in [6.07, 6.45) is -6.79. The van der Waals surface area contributed by atoms with E-state index in [2.05, 4.69) is 4.74 Å². The fourth-order valence-corrected chi connectivity index (χ4v) is 1.64. The smallest absolute Gasteiger partial charge is 0.408 e. The number of halogens is 3. The number of alkyl carbamates (subject to hydrolysis) is 1. The van der Waals surface area contributed by atoms with E-state index in [9.17, 15) is 22.8 Å². The molecule has 0 saturated heterocycles. The Labute approximate surface area is 131 Å². The average Bonchev–Trinajstić information content (AvgIpc) is 2.49. The fraction of sp³-hybridized carbons (Fsp3) is 0.467. The first-order chi connectivity index (χ1) is 10.8. The number of ether oxygens (including phenoxy) is 2. The van der Waals surface area contributed by atoms with Gasteiger partial charge in [0.25, 0.3) is 0 Å². The van der Waals surface area contributed by atoms with Gasteiger partial charge in [-0.15, -0.1) is 0 Å². The van der Waals surface area contributed by atoms with Gasteiger partial charge in [-0.1, -0.05) is 37.3 Å². The van der Waals surface area contributed by atoms with Crippen LogP contribution < -0.4 is 5.32 Å². The molecule has 1 aromatic carbocycles. The lowest BCUT2D eigenvalue weighted by molar-refractivity contribution is -0.162. The summed E-state index contributed by atoms with van der Waals surface area (Å²) in [7, 11) is 0. The molecular formula is C15H18F3NO4. The maximum absolute atomic E-state index is 12.5. The number of hydrogen-bond donors (Lipinski definition) is 1. The van der Waals surface area contributed by atoms with Crippen molar-refractivity contribution < 1.29 is 32.2 Å². The van der Waals surface area contributed by atoms with Crippen LogP contribution in [0.1, 0.15) is 25.3 Å². The molecule has 0 spiro atoms. The first-order valence-corrected chi connectivity index (χ1v) is 7.02. The highest BCUT2D eigenvalue weighted by Crippen LogP contribution is 2.22. The Balaban J connectivity index is 2.57. The summed E-state index contributed by atoms with van der Waals surface area (Å²) in [5.41, 5.74) is 0.670. The Kier molecular flexibility index (Phi) is 7.37. The second-order valence-electron chi connectivity index (χ2n) is 4.75. The minimum atomic E-state index is -4.62. The number of alkyl halides is 3. The minimum Gasteiger partial charge on any atom is -0.464 e. The highest BCUT2D eigenvalue weighted by atomic mass is 19.4. The van der Waals surface area contributed by atoms with Crippen molar-refractivity contribution in [1.82, 2.24) is 5.32 Å². The molecule has 0 aliphatic carbocycles. The topological polar surface area (TPSA) is 64.6 Å². The third-order valence-corrected chi connectivity index (χ3v) is 2.67. The third-order valence-electron chi connectivity index (χ3n) is 2.67. The second kappa shape index (κ2) is 9.02. The number of rotatable bonds is 7. The Bertz CT molecular complexity index is 505. The van der Waals surface area contributed by atoms with Crippen molar-refractivity contribution in [3.63, 3.8) is 0 Å². The van der Waals surface area contributed by atoms with Gasteiger partial charge >= 0.3 is 18.2 Å². The zero-order valence-electron chi connectivity index (χ0n) is 12.6. The molecule has 0 saturated carbocycles. The molecule has 23 heavy (non-hydrogen) atoms. The number of hydrogen-bond acceptors (Lipinski definition) is 4. The van der Waals surface area contributed by atoms with Gasteiger partial charge in [-0.05, 0) is 12.0 Å². The van der Waals surface area contributed by atoms with E-state index in [-0.39, 0.29) is 13.2 Å². The number of esters is 1. The summed E-state index contributed by atoms with van der Waals surface area (Å²) < 4.78 is 46.9. The van der Waals surface area contributed by atoms with Gasteiger partial charge in [-0.2, -0.15) is 13.2 Å². The maximum Gasteiger partial charge on any atom is 0.408 e. The molecule has 0 bridgehead atoms. The maximum atomic E-state index is 12.5. The summed E-state index contributed by atoms with van der Waals surface area (Å²) in [4.78, 5) is 23.2. The van der Waals surface area contributed by atoms with Gasteiger partial charge < -0.3 is 14.8 Å². The van der Waals surface area contributed by atoms with Crippen molar-refractivity contribution in [3.8, 4) is 0 Å². The van der Waals surface area contributed by atoms with Gasteiger partial charge in [0.15, 0.2) is 0 Å². The molecule has 0 aromatic heterocycles. The Morgan fingerprint density at radius 3 is 2.39 bits per heavy atom. The fourth-order valence-electron chi connectivity index (χ4n) is 1.64. The van der Waals surface area contributed by atoms with Crippen LogP contribution in [0.15, 0.2) is 30.3 Å². The quantitative estimate of drug-likeness (QED) is 0.778. The largest absolute Gasteiger partial charge is 0.464 e. The van der Waals surface area contributed by atoms with E-state index in [1.807, 2.05) is 5.32 Å². The highest BCUT2D eigenvalue weighted by Gasteiger charge is 2.37. The van der Waals surface area contributed by atoms with Crippen LogP contribution in [0.25, 0.3) is 0 Å². The van der Waals surface area contributed by atoms with Gasteiger partial charge in [0, 0.05) is 0 Å². The molecule has 0 aliphatic heterocycles. The van der Waals surface area contributed by atoms with Crippen LogP contribution in [0.4, 0.5) is 18.0 Å². The molecule has 1 aromatic rings. The summed E-state index contributed by atoms with van der Waals surface area (Å²) in [6.45, 7) is 1.57. The van der Waals surface area contributed by atoms with Crippen LogP contribution in [-0.4, -0.2) is 30.9 Å². The van der Waals surface area contributed by atoms with Crippen LogP contribution in [0.5, 0.6) is 0 Å². The Morgan fingerprint density at radius 1 is 1.17 bits per heavy atom. The summed E-state index contributed by atoms with van der Waals surface area (Å²) in [5, 5.41) is 1.90. The second-order valence-corrected chi connectivity index (χ2v) is 4.75. The Morgan fingerprint density at radius 2 is 1.83 bits per heavy atom. The number of carbonyl (C=O) groups excluding carboxylic acids is 2. The zero-order valence-corrected chi connectivity index (χ0v) is 12.6. The standard InChI is InChI=1S/C15H18F3NO4/c1-2-8-22-13(20)12(9-15(16,17)18)19-14(21)23-10-11-6-4-3-5-7-11/h3-7,12H,2,8-10H2,1H3,(H,19,21). The molecule has 0 fully saturated rings. The minimum absolute atomic E-state index is 0.0199. The van der Waals surface area contributed by atoms with Crippen molar-refractivity contribution in [3.05, 3.63) is 35.9 Å². The molecule has 8 heteroatoms. The molecule has 1 amide bonds. The zero-order chi connectivity index (χ0) is 17.3. The summed E-state index contributed by atoms with van der Waals surface area (Å²) in [6, 6.07) is 6.78. The lowest BCUT2D eigenvalue weighted by Crippen LogP contribution is -2.44. The molecule has 5 nitrogen and oxygen atoms in total. The van der Waals surface area contributed by atoms with E-state index in [0.717, 1.165) is 0 Å². The lowest BCUT2D eigenvalue weighted by Gasteiger charge is -2.18. The van der Waals surface area contributed by atoms with E-state index >= 15 is 0 Å². The van der Waals surface area contributed by atoms with Crippen LogP contribution in [-0.2, 0) is 20.9 Å². The van der Waals surface area contributed by atoms with Crippen LogP contribution in [0.3, 0.4) is 0 Å². The molecule has 0 aliphatic rings. The SMILES string of the molecule is CCCOC(=O)C(CC(F)(F)F)NC(=O)OCc1ccccc1. The molecule has 128 valence electrons. The summed E-state index contributed by atoms with van der Waals surface area (Å²) >= 11 is 0. The number of carbonyl (C=O) groups is 2. The predicted octanol–water partition coefficient (Wildman–Crippen LogP) is 3.19. The first-order valence-electron chi connectivity index (χ1n) is 7.02. The van der Waals surface area contributed by atoms with Crippen LogP contribution >= 0.6 is 0 Å². The highest BCUT2D eigenvalue weighted by molar-refractivity contribution is 5.81. The van der Waals surface area contributed by atoms with Gasteiger partial charge in [0.2, 0.25) is 0 Å². The van der Waals surface area contributed by atoms with Gasteiger partial charge in [0.1, 0.15) is 12.6 Å². The number of amides is 1. The lowest BCUT2D eigenvalue weighted by atomic mass is 10.2. The Hall–Kier alpha value is -2.25. The molecule has 0 heterocycles. The van der Waals surface area contributed by atoms with E-state index < -0.39 is 30.7 Å². The summed E-state index contributed by atoms with van der Waals surface area (Å²) in [5.74, 6) is -1.14. The first kappa shape index (κ1) is 18.8. The number of nitrogens with one attached hydrogen (secondary N) is 1. The van der Waals surface area contributed by atoms with Gasteiger partial charge in [0.05, 0.1) is 13.0 Å². The number of benzene rings is 1. The molecule has 1 unspecified atom stereocenters. The predicted molar refractivity (Wildman–Crippen MR) is 75.5 cm³/mol. The van der Waals surface area contributed by atoms with Gasteiger partial charge in [-0.25, -0.2) is 9.59 Å². The normalized spacial score (nSPS) is 12.3. The molecule has 1 rings (SSSR count).